The highest BCUT2D eigenvalue weighted by Crippen LogP contribution is 1.69. The molecule has 10 heavy (non-hydrogen) atoms. The van der Waals surface area contributed by atoms with Gasteiger partial charge in [0.1, 0.15) is 0 Å². The average Bonchev–Trinajstić information content (AvgIpc) is 1.98. The zero-order chi connectivity index (χ0) is 7.82. The van der Waals surface area contributed by atoms with Crippen molar-refractivity contribution in [1.29, 1.82) is 0 Å². The van der Waals surface area contributed by atoms with Gasteiger partial charge in [-0.1, -0.05) is 0 Å². The van der Waals surface area contributed by atoms with E-state index in [1.54, 1.807) is 7.11 Å². The lowest BCUT2D eigenvalue weighted by Gasteiger charge is -2.08. The highest BCUT2D eigenvalue weighted by molar-refractivity contribution is 4.63. The van der Waals surface area contributed by atoms with Gasteiger partial charge in [-0.05, 0) is 0 Å². The van der Waals surface area contributed by atoms with Crippen LogP contribution < -0.4 is 16.8 Å². The Morgan fingerprint density at radius 3 is 2.80 bits per heavy atom. The lowest BCUT2D eigenvalue weighted by Crippen LogP contribution is -2.40. The first-order valence-electron chi connectivity index (χ1n) is 3.46. The first-order chi connectivity index (χ1) is 4.81. The minimum Gasteiger partial charge on any atom is -0.383 e. The summed E-state index contributed by atoms with van der Waals surface area (Å²) in [5, 5.41) is 3.11. The maximum Gasteiger partial charge on any atom is 0.0587 e. The molecule has 1 atom stereocenters. The van der Waals surface area contributed by atoms with Crippen molar-refractivity contribution in [1.82, 2.24) is 5.32 Å². The number of ether oxygens (including phenoxy) is 1. The van der Waals surface area contributed by atoms with Crippen LogP contribution in [0.2, 0.25) is 0 Å². The van der Waals surface area contributed by atoms with E-state index in [0.717, 1.165) is 19.7 Å². The van der Waals surface area contributed by atoms with Crippen LogP contribution in [0.5, 0.6) is 0 Å². The van der Waals surface area contributed by atoms with E-state index in [4.69, 9.17) is 16.2 Å². The summed E-state index contributed by atoms with van der Waals surface area (Å²) in [5.74, 6) is 0. The topological polar surface area (TPSA) is 73.3 Å². The number of nitrogens with two attached hydrogens (primary N) is 2. The molecule has 0 spiro atoms. The van der Waals surface area contributed by atoms with Gasteiger partial charge in [0, 0.05) is 32.8 Å². The SMILES string of the molecule is COCCNCC(N)CN. The van der Waals surface area contributed by atoms with E-state index in [1.807, 2.05) is 0 Å². The number of hydrogen-bond donors (Lipinski definition) is 3. The standard InChI is InChI=1S/C6H17N3O/c1-10-3-2-9-5-6(8)4-7/h6,9H,2-5,7-8H2,1H3. The Kier molecular flexibility index (Phi) is 6.84. The molecular weight excluding hydrogens is 130 g/mol. The van der Waals surface area contributed by atoms with E-state index >= 15 is 0 Å². The molecular formula is C6H17N3O. The second-order valence-corrected chi connectivity index (χ2v) is 2.19. The molecule has 0 amide bonds. The molecule has 0 aliphatic rings. The molecule has 0 aromatic heterocycles. The van der Waals surface area contributed by atoms with Crippen molar-refractivity contribution in [2.75, 3.05) is 33.4 Å². The summed E-state index contributed by atoms with van der Waals surface area (Å²) in [6.07, 6.45) is 0. The molecule has 4 heteroatoms. The van der Waals surface area contributed by atoms with Crippen molar-refractivity contribution >= 4 is 0 Å². The van der Waals surface area contributed by atoms with Crippen molar-refractivity contribution in [2.24, 2.45) is 11.5 Å². The molecule has 0 radical (unpaired) electrons. The second kappa shape index (κ2) is 6.95. The third kappa shape index (κ3) is 5.97. The Balaban J connectivity index is 2.89. The number of hydrogen-bond acceptors (Lipinski definition) is 4. The molecule has 0 aromatic carbocycles. The smallest absolute Gasteiger partial charge is 0.0587 e. The summed E-state index contributed by atoms with van der Waals surface area (Å²) in [6.45, 7) is 2.85. The molecule has 0 bridgehead atoms. The summed E-state index contributed by atoms with van der Waals surface area (Å²) in [4.78, 5) is 0. The third-order valence-electron chi connectivity index (χ3n) is 1.19. The zero-order valence-corrected chi connectivity index (χ0v) is 6.47. The molecule has 0 aliphatic heterocycles. The Morgan fingerprint density at radius 1 is 1.60 bits per heavy atom. The number of rotatable bonds is 6. The molecule has 0 saturated heterocycles. The summed E-state index contributed by atoms with van der Waals surface area (Å²) < 4.78 is 4.82. The van der Waals surface area contributed by atoms with Crippen LogP contribution in [0.3, 0.4) is 0 Å². The molecule has 0 heterocycles. The first-order valence-corrected chi connectivity index (χ1v) is 3.46. The van der Waals surface area contributed by atoms with E-state index in [0.29, 0.717) is 6.54 Å². The van der Waals surface area contributed by atoms with Gasteiger partial charge < -0.3 is 21.5 Å². The van der Waals surface area contributed by atoms with E-state index in [-0.39, 0.29) is 6.04 Å². The van der Waals surface area contributed by atoms with Crippen LogP contribution in [0.25, 0.3) is 0 Å². The largest absolute Gasteiger partial charge is 0.383 e. The van der Waals surface area contributed by atoms with E-state index in [1.165, 1.54) is 0 Å². The van der Waals surface area contributed by atoms with Crippen LogP contribution in [0, 0.1) is 0 Å². The van der Waals surface area contributed by atoms with Gasteiger partial charge in [-0.25, -0.2) is 0 Å². The van der Waals surface area contributed by atoms with Crippen LogP contribution >= 0.6 is 0 Å². The maximum absolute atomic E-state index is 5.53. The summed E-state index contributed by atoms with van der Waals surface area (Å²) in [6, 6.07) is 0.0665. The predicted molar refractivity (Wildman–Crippen MR) is 41.8 cm³/mol. The van der Waals surface area contributed by atoms with Crippen LogP contribution in [0.1, 0.15) is 0 Å². The number of nitrogens with one attached hydrogen (secondary N) is 1. The summed E-state index contributed by atoms with van der Waals surface area (Å²) in [7, 11) is 1.67. The van der Waals surface area contributed by atoms with Gasteiger partial charge in [0.25, 0.3) is 0 Å². The fourth-order valence-electron chi connectivity index (χ4n) is 0.545. The molecule has 0 rings (SSSR count). The second-order valence-electron chi connectivity index (χ2n) is 2.19. The molecule has 0 saturated carbocycles. The van der Waals surface area contributed by atoms with E-state index < -0.39 is 0 Å². The lowest BCUT2D eigenvalue weighted by atomic mass is 10.3. The summed E-state index contributed by atoms with van der Waals surface area (Å²) in [5.41, 5.74) is 10.8. The van der Waals surface area contributed by atoms with E-state index in [2.05, 4.69) is 5.32 Å². The van der Waals surface area contributed by atoms with Gasteiger partial charge in [0.05, 0.1) is 6.61 Å². The van der Waals surface area contributed by atoms with Crippen molar-refractivity contribution in [3.8, 4) is 0 Å². The third-order valence-corrected chi connectivity index (χ3v) is 1.19. The van der Waals surface area contributed by atoms with Gasteiger partial charge in [0.2, 0.25) is 0 Å². The highest BCUT2D eigenvalue weighted by Gasteiger charge is 1.95. The lowest BCUT2D eigenvalue weighted by molar-refractivity contribution is 0.199. The highest BCUT2D eigenvalue weighted by atomic mass is 16.5. The monoisotopic (exact) mass is 147 g/mol. The van der Waals surface area contributed by atoms with Crippen molar-refractivity contribution in [3.63, 3.8) is 0 Å². The fourth-order valence-corrected chi connectivity index (χ4v) is 0.545. The molecule has 1 unspecified atom stereocenters. The zero-order valence-electron chi connectivity index (χ0n) is 6.47. The van der Waals surface area contributed by atoms with Crippen LogP contribution in [0.15, 0.2) is 0 Å². The van der Waals surface area contributed by atoms with Gasteiger partial charge in [-0.3, -0.25) is 0 Å². The molecule has 0 fully saturated rings. The Labute approximate surface area is 61.9 Å². The number of methoxy groups -OCH3 is 1. The minimum atomic E-state index is 0.0665. The molecule has 0 aromatic rings. The quantitative estimate of drug-likeness (QED) is 0.400. The van der Waals surface area contributed by atoms with Gasteiger partial charge in [0.15, 0.2) is 0 Å². The van der Waals surface area contributed by atoms with Crippen molar-refractivity contribution < 1.29 is 4.74 Å². The molecule has 5 N–H and O–H groups in total. The molecule has 0 aliphatic carbocycles. The van der Waals surface area contributed by atoms with Gasteiger partial charge >= 0.3 is 0 Å². The minimum absolute atomic E-state index is 0.0665. The van der Waals surface area contributed by atoms with Crippen molar-refractivity contribution in [3.05, 3.63) is 0 Å². The van der Waals surface area contributed by atoms with Gasteiger partial charge in [-0.15, -0.1) is 0 Å². The van der Waals surface area contributed by atoms with Crippen molar-refractivity contribution in [2.45, 2.75) is 6.04 Å². The predicted octanol–water partition coefficient (Wildman–Crippen LogP) is -1.49. The Morgan fingerprint density at radius 2 is 2.30 bits per heavy atom. The Bertz CT molecular complexity index is 70.0. The average molecular weight is 147 g/mol. The maximum atomic E-state index is 5.53. The first kappa shape index (κ1) is 9.84. The summed E-state index contributed by atoms with van der Waals surface area (Å²) >= 11 is 0. The van der Waals surface area contributed by atoms with Crippen LogP contribution in [-0.4, -0.2) is 39.4 Å². The van der Waals surface area contributed by atoms with E-state index in [9.17, 15) is 0 Å². The normalized spacial score (nSPS) is 13.5. The molecule has 4 nitrogen and oxygen atoms in total. The molecule has 62 valence electrons. The van der Waals surface area contributed by atoms with Crippen LogP contribution in [-0.2, 0) is 4.74 Å². The Hall–Kier alpha value is -0.160. The fraction of sp³-hybridized carbons (Fsp3) is 1.00. The van der Waals surface area contributed by atoms with Gasteiger partial charge in [-0.2, -0.15) is 0 Å². The van der Waals surface area contributed by atoms with Crippen LogP contribution in [0.4, 0.5) is 0 Å².